The molecule has 0 amide bonds. The molecule has 2 rings (SSSR count). The summed E-state index contributed by atoms with van der Waals surface area (Å²) in [4.78, 5) is 27.6. The second-order valence-corrected chi connectivity index (χ2v) is 3.85. The molecule has 112 valence electrons. The van der Waals surface area contributed by atoms with E-state index in [0.717, 1.165) is 0 Å². The third-order valence-electron chi connectivity index (χ3n) is 2.39. The van der Waals surface area contributed by atoms with Crippen molar-refractivity contribution in [1.82, 2.24) is 29.7 Å². The quantitative estimate of drug-likeness (QED) is 0.671. The highest BCUT2D eigenvalue weighted by atomic mass is 16.5. The molecule has 0 radical (unpaired) electrons. The number of nitrogens with zero attached hydrogens (tertiary/aromatic N) is 6. The molecular weight excluding hydrogens is 276 g/mol. The van der Waals surface area contributed by atoms with Gasteiger partial charge in [-0.3, -0.25) is 4.79 Å². The number of carbonyl (C=O) groups is 1. The van der Waals surface area contributed by atoms with E-state index >= 15 is 0 Å². The van der Waals surface area contributed by atoms with Gasteiger partial charge in [0.25, 0.3) is 5.95 Å². The van der Waals surface area contributed by atoms with Gasteiger partial charge in [0.05, 0.1) is 13.0 Å². The highest BCUT2D eigenvalue weighted by molar-refractivity contribution is 5.69. The number of aromatic nitrogens is 6. The van der Waals surface area contributed by atoms with Crippen molar-refractivity contribution in [3.8, 4) is 5.95 Å². The number of rotatable bonds is 7. The normalized spacial score (nSPS) is 10.2. The predicted molar refractivity (Wildman–Crippen MR) is 74.0 cm³/mol. The van der Waals surface area contributed by atoms with Crippen molar-refractivity contribution in [1.29, 1.82) is 0 Å². The van der Waals surface area contributed by atoms with Crippen LogP contribution in [0.25, 0.3) is 5.95 Å². The molecule has 21 heavy (non-hydrogen) atoms. The maximum atomic E-state index is 11.3. The van der Waals surface area contributed by atoms with Crippen molar-refractivity contribution in [3.63, 3.8) is 0 Å². The van der Waals surface area contributed by atoms with Gasteiger partial charge in [0, 0.05) is 13.6 Å². The Balaban J connectivity index is 2.05. The summed E-state index contributed by atoms with van der Waals surface area (Å²) < 4.78 is 6.26. The van der Waals surface area contributed by atoms with Gasteiger partial charge in [-0.05, 0) is 6.92 Å². The maximum absolute atomic E-state index is 11.3. The number of nitrogens with one attached hydrogen (secondary N) is 2. The molecule has 0 saturated heterocycles. The van der Waals surface area contributed by atoms with Gasteiger partial charge >= 0.3 is 5.97 Å². The second kappa shape index (κ2) is 7.12. The van der Waals surface area contributed by atoms with Crippen molar-refractivity contribution in [3.05, 3.63) is 12.7 Å². The molecule has 0 aliphatic heterocycles. The Labute approximate surface area is 121 Å². The van der Waals surface area contributed by atoms with Gasteiger partial charge in [0.2, 0.25) is 11.9 Å². The van der Waals surface area contributed by atoms with Crippen molar-refractivity contribution < 1.29 is 9.53 Å². The summed E-state index contributed by atoms with van der Waals surface area (Å²) in [5.41, 5.74) is 0. The molecule has 0 unspecified atom stereocenters. The minimum absolute atomic E-state index is 0.229. The van der Waals surface area contributed by atoms with E-state index in [9.17, 15) is 4.79 Å². The molecule has 0 fully saturated rings. The number of ether oxygens (including phenoxy) is 1. The van der Waals surface area contributed by atoms with Crippen LogP contribution in [0, 0.1) is 0 Å². The SMILES string of the molecule is CCOC(=O)CCNc1nc(NC)nc(-n2cncn2)n1. The second-order valence-electron chi connectivity index (χ2n) is 3.85. The summed E-state index contributed by atoms with van der Waals surface area (Å²) in [5.74, 6) is 0.771. The summed E-state index contributed by atoms with van der Waals surface area (Å²) in [6.07, 6.45) is 3.10. The van der Waals surface area contributed by atoms with Crippen molar-refractivity contribution in [2.75, 3.05) is 30.8 Å². The molecule has 0 bridgehead atoms. The number of esters is 1. The lowest BCUT2D eigenvalue weighted by Crippen LogP contribution is -2.15. The third kappa shape index (κ3) is 4.09. The van der Waals surface area contributed by atoms with Crippen LogP contribution >= 0.6 is 0 Å². The average Bonchev–Trinajstić information content (AvgIpc) is 3.01. The first-order valence-corrected chi connectivity index (χ1v) is 6.41. The van der Waals surface area contributed by atoms with E-state index < -0.39 is 0 Å². The summed E-state index contributed by atoms with van der Waals surface area (Å²) in [5, 5.41) is 9.74. The third-order valence-corrected chi connectivity index (χ3v) is 2.39. The highest BCUT2D eigenvalue weighted by Gasteiger charge is 2.08. The van der Waals surface area contributed by atoms with Gasteiger partial charge in [-0.15, -0.1) is 0 Å². The lowest BCUT2D eigenvalue weighted by Gasteiger charge is -2.08. The molecule has 10 heteroatoms. The van der Waals surface area contributed by atoms with E-state index in [1.54, 1.807) is 14.0 Å². The fourth-order valence-electron chi connectivity index (χ4n) is 1.48. The Morgan fingerprint density at radius 1 is 1.33 bits per heavy atom. The number of hydrogen-bond donors (Lipinski definition) is 2. The van der Waals surface area contributed by atoms with E-state index in [0.29, 0.717) is 31.0 Å². The summed E-state index contributed by atoms with van der Waals surface area (Å²) >= 11 is 0. The van der Waals surface area contributed by atoms with E-state index in [1.165, 1.54) is 17.3 Å². The smallest absolute Gasteiger partial charge is 0.307 e. The fourth-order valence-corrected chi connectivity index (χ4v) is 1.48. The zero-order valence-electron chi connectivity index (χ0n) is 11.8. The van der Waals surface area contributed by atoms with E-state index in [1.807, 2.05) is 0 Å². The number of hydrogen-bond acceptors (Lipinski definition) is 9. The Morgan fingerprint density at radius 2 is 2.14 bits per heavy atom. The van der Waals surface area contributed by atoms with Crippen molar-refractivity contribution >= 4 is 17.9 Å². The molecule has 0 aliphatic rings. The zero-order valence-corrected chi connectivity index (χ0v) is 11.8. The van der Waals surface area contributed by atoms with Crippen LogP contribution in [0.2, 0.25) is 0 Å². The van der Waals surface area contributed by atoms with Gasteiger partial charge in [-0.25, -0.2) is 4.98 Å². The van der Waals surface area contributed by atoms with Crippen molar-refractivity contribution in [2.45, 2.75) is 13.3 Å². The predicted octanol–water partition coefficient (Wildman–Crippen LogP) is -0.141. The van der Waals surface area contributed by atoms with E-state index in [4.69, 9.17) is 4.74 Å². The highest BCUT2D eigenvalue weighted by Crippen LogP contribution is 2.07. The Hall–Kier alpha value is -2.78. The summed E-state index contributed by atoms with van der Waals surface area (Å²) in [6, 6.07) is 0. The van der Waals surface area contributed by atoms with Gasteiger partial charge < -0.3 is 15.4 Å². The fraction of sp³-hybridized carbons (Fsp3) is 0.455. The standard InChI is InChI=1S/C11H16N8O2/c1-3-21-8(20)4-5-14-10-16-9(12-2)17-11(18-10)19-7-13-6-15-19/h6-7H,3-5H2,1-2H3,(H2,12,14,16,17,18). The molecule has 0 saturated carbocycles. The van der Waals surface area contributed by atoms with Crippen LogP contribution in [0.5, 0.6) is 0 Å². The van der Waals surface area contributed by atoms with E-state index in [2.05, 4.69) is 35.7 Å². The zero-order chi connectivity index (χ0) is 15.1. The minimum Gasteiger partial charge on any atom is -0.466 e. The van der Waals surface area contributed by atoms with Crippen LogP contribution in [-0.4, -0.2) is 55.9 Å². The Bertz CT molecular complexity index is 586. The minimum atomic E-state index is -0.274. The number of anilines is 2. The molecule has 2 N–H and O–H groups in total. The summed E-state index contributed by atoms with van der Waals surface area (Å²) in [7, 11) is 1.70. The first kappa shape index (κ1) is 14.6. The summed E-state index contributed by atoms with van der Waals surface area (Å²) in [6.45, 7) is 2.49. The lowest BCUT2D eigenvalue weighted by atomic mass is 10.4. The van der Waals surface area contributed by atoms with Crippen LogP contribution in [0.15, 0.2) is 12.7 Å². The van der Waals surface area contributed by atoms with Gasteiger partial charge in [-0.2, -0.15) is 24.7 Å². The van der Waals surface area contributed by atoms with Crippen LogP contribution < -0.4 is 10.6 Å². The lowest BCUT2D eigenvalue weighted by molar-refractivity contribution is -0.142. The topological polar surface area (TPSA) is 120 Å². The molecule has 0 spiro atoms. The molecule has 2 aromatic rings. The maximum Gasteiger partial charge on any atom is 0.307 e. The van der Waals surface area contributed by atoms with Gasteiger partial charge in [0.1, 0.15) is 12.7 Å². The molecule has 0 aliphatic carbocycles. The van der Waals surface area contributed by atoms with Crippen LogP contribution in [-0.2, 0) is 9.53 Å². The van der Waals surface area contributed by atoms with Gasteiger partial charge in [0.15, 0.2) is 0 Å². The average molecular weight is 292 g/mol. The molecule has 0 atom stereocenters. The monoisotopic (exact) mass is 292 g/mol. The molecule has 2 heterocycles. The van der Waals surface area contributed by atoms with Crippen LogP contribution in [0.1, 0.15) is 13.3 Å². The van der Waals surface area contributed by atoms with Crippen LogP contribution in [0.3, 0.4) is 0 Å². The van der Waals surface area contributed by atoms with Gasteiger partial charge in [-0.1, -0.05) is 0 Å². The molecule has 0 aromatic carbocycles. The molecule has 10 nitrogen and oxygen atoms in total. The largest absolute Gasteiger partial charge is 0.466 e. The first-order chi connectivity index (χ1) is 10.2. The van der Waals surface area contributed by atoms with Crippen molar-refractivity contribution in [2.24, 2.45) is 0 Å². The number of carbonyl (C=O) groups excluding carboxylic acids is 1. The first-order valence-electron chi connectivity index (χ1n) is 6.41. The molecule has 2 aromatic heterocycles. The van der Waals surface area contributed by atoms with Crippen LogP contribution in [0.4, 0.5) is 11.9 Å². The van der Waals surface area contributed by atoms with E-state index in [-0.39, 0.29) is 12.4 Å². The Morgan fingerprint density at radius 3 is 2.81 bits per heavy atom. The Kier molecular flexibility index (Phi) is 4.96. The molecular formula is C11H16N8O2.